The van der Waals surface area contributed by atoms with Gasteiger partial charge in [0.25, 0.3) is 0 Å². The maximum Gasteiger partial charge on any atom is 0.0729 e. The van der Waals surface area contributed by atoms with Crippen molar-refractivity contribution in [2.45, 2.75) is 6.54 Å². The Labute approximate surface area is 104 Å². The molecule has 0 unspecified atom stereocenters. The highest BCUT2D eigenvalue weighted by Gasteiger charge is 2.04. The van der Waals surface area contributed by atoms with Crippen LogP contribution in [0.25, 0.3) is 0 Å². The number of aryl methyl sites for hydroxylation is 1. The summed E-state index contributed by atoms with van der Waals surface area (Å²) in [6.45, 7) is 0.630. The predicted molar refractivity (Wildman–Crippen MR) is 67.0 cm³/mol. The van der Waals surface area contributed by atoms with E-state index in [0.717, 1.165) is 11.3 Å². The fourth-order valence-corrected chi connectivity index (χ4v) is 1.78. The van der Waals surface area contributed by atoms with Gasteiger partial charge in [-0.1, -0.05) is 35.3 Å². The molecule has 0 amide bonds. The van der Waals surface area contributed by atoms with Gasteiger partial charge in [-0.25, -0.2) is 0 Å². The van der Waals surface area contributed by atoms with Gasteiger partial charge in [-0.15, -0.1) is 0 Å². The number of anilines is 1. The molecule has 16 heavy (non-hydrogen) atoms. The molecule has 0 atom stereocenters. The lowest BCUT2D eigenvalue weighted by Gasteiger charge is -2.06. The summed E-state index contributed by atoms with van der Waals surface area (Å²) >= 11 is 12.0. The van der Waals surface area contributed by atoms with Crippen LogP contribution >= 0.6 is 23.2 Å². The van der Waals surface area contributed by atoms with Crippen LogP contribution in [0.1, 0.15) is 5.56 Å². The molecule has 0 radical (unpaired) electrons. The van der Waals surface area contributed by atoms with Gasteiger partial charge >= 0.3 is 0 Å². The third kappa shape index (κ3) is 2.49. The first kappa shape index (κ1) is 11.3. The van der Waals surface area contributed by atoms with Crippen LogP contribution < -0.4 is 5.32 Å². The quantitative estimate of drug-likeness (QED) is 0.912. The van der Waals surface area contributed by atoms with E-state index in [4.69, 9.17) is 23.2 Å². The van der Waals surface area contributed by atoms with Gasteiger partial charge in [0.2, 0.25) is 0 Å². The van der Waals surface area contributed by atoms with Gasteiger partial charge < -0.3 is 5.32 Å². The molecule has 0 saturated heterocycles. The van der Waals surface area contributed by atoms with Gasteiger partial charge in [0, 0.05) is 19.8 Å². The molecule has 1 aromatic carbocycles. The summed E-state index contributed by atoms with van der Waals surface area (Å²) in [7, 11) is 1.87. The summed E-state index contributed by atoms with van der Waals surface area (Å²) in [6.07, 6.45) is 3.66. The Balaban J connectivity index is 2.07. The van der Waals surface area contributed by atoms with Crippen molar-refractivity contribution in [3.8, 4) is 0 Å². The molecular formula is C11H11Cl2N3. The third-order valence-electron chi connectivity index (χ3n) is 2.22. The lowest BCUT2D eigenvalue weighted by atomic mass is 10.2. The fraction of sp³-hybridized carbons (Fsp3) is 0.182. The Bertz CT molecular complexity index is 494. The zero-order chi connectivity index (χ0) is 11.5. The Morgan fingerprint density at radius 1 is 1.38 bits per heavy atom. The van der Waals surface area contributed by atoms with Crippen molar-refractivity contribution in [2.24, 2.45) is 7.05 Å². The number of nitrogens with zero attached hydrogens (tertiary/aromatic N) is 2. The minimum absolute atomic E-state index is 0.576. The van der Waals surface area contributed by atoms with Crippen LogP contribution in [0.4, 0.5) is 5.69 Å². The van der Waals surface area contributed by atoms with Crippen LogP contribution in [0.2, 0.25) is 10.0 Å². The Kier molecular flexibility index (Phi) is 3.36. The summed E-state index contributed by atoms with van der Waals surface area (Å²) in [5, 5.41) is 8.46. The van der Waals surface area contributed by atoms with E-state index in [1.54, 1.807) is 16.9 Å². The maximum absolute atomic E-state index is 6.07. The van der Waals surface area contributed by atoms with Crippen molar-refractivity contribution >= 4 is 28.9 Å². The number of benzene rings is 1. The second-order valence-electron chi connectivity index (χ2n) is 3.47. The van der Waals surface area contributed by atoms with Crippen LogP contribution in [-0.2, 0) is 13.6 Å². The van der Waals surface area contributed by atoms with Crippen LogP contribution in [0.3, 0.4) is 0 Å². The van der Waals surface area contributed by atoms with E-state index < -0.39 is 0 Å². The minimum Gasteiger partial charge on any atom is -0.378 e. The maximum atomic E-state index is 6.07. The average molecular weight is 256 g/mol. The van der Waals surface area contributed by atoms with Gasteiger partial charge in [0.15, 0.2) is 0 Å². The van der Waals surface area contributed by atoms with E-state index in [1.807, 2.05) is 25.4 Å². The molecular weight excluding hydrogens is 245 g/mol. The number of halogens is 2. The second-order valence-corrected chi connectivity index (χ2v) is 4.25. The lowest BCUT2D eigenvalue weighted by molar-refractivity contribution is 0.768. The van der Waals surface area contributed by atoms with Crippen molar-refractivity contribution in [2.75, 3.05) is 5.32 Å². The molecule has 2 aromatic rings. The molecule has 0 bridgehead atoms. The summed E-state index contributed by atoms with van der Waals surface area (Å²) in [6, 6.07) is 5.60. The largest absolute Gasteiger partial charge is 0.378 e. The molecule has 1 heterocycles. The molecule has 84 valence electrons. The molecule has 2 rings (SSSR count). The first-order valence-electron chi connectivity index (χ1n) is 4.82. The fourth-order valence-electron chi connectivity index (χ4n) is 1.39. The molecule has 0 fully saturated rings. The number of nitrogens with one attached hydrogen (secondary N) is 1. The molecule has 0 saturated carbocycles. The summed E-state index contributed by atoms with van der Waals surface area (Å²) in [5.74, 6) is 0. The molecule has 1 N–H and O–H groups in total. The number of rotatable bonds is 3. The highest BCUT2D eigenvalue weighted by molar-refractivity contribution is 6.42. The SMILES string of the molecule is Cn1cc(NCc2cccc(Cl)c2Cl)cn1. The minimum atomic E-state index is 0.576. The normalized spacial score (nSPS) is 10.4. The zero-order valence-electron chi connectivity index (χ0n) is 8.74. The van der Waals surface area contributed by atoms with E-state index in [9.17, 15) is 0 Å². The van der Waals surface area contributed by atoms with Crippen LogP contribution in [0.5, 0.6) is 0 Å². The van der Waals surface area contributed by atoms with Crippen LogP contribution in [0, 0.1) is 0 Å². The van der Waals surface area contributed by atoms with Crippen molar-refractivity contribution in [3.63, 3.8) is 0 Å². The highest BCUT2D eigenvalue weighted by Crippen LogP contribution is 2.25. The van der Waals surface area contributed by atoms with Gasteiger partial charge in [0.05, 0.1) is 21.9 Å². The van der Waals surface area contributed by atoms with Crippen molar-refractivity contribution in [3.05, 3.63) is 46.2 Å². The van der Waals surface area contributed by atoms with E-state index in [-0.39, 0.29) is 0 Å². The number of aromatic nitrogens is 2. The van der Waals surface area contributed by atoms with Crippen LogP contribution in [0.15, 0.2) is 30.6 Å². The molecule has 3 nitrogen and oxygen atoms in total. The first-order valence-corrected chi connectivity index (χ1v) is 5.58. The third-order valence-corrected chi connectivity index (χ3v) is 3.08. The topological polar surface area (TPSA) is 29.9 Å². The first-order chi connectivity index (χ1) is 7.66. The standard InChI is InChI=1S/C11H11Cl2N3/c1-16-7-9(6-15-16)14-5-8-3-2-4-10(12)11(8)13/h2-4,6-7,14H,5H2,1H3. The van der Waals surface area contributed by atoms with Crippen LogP contribution in [-0.4, -0.2) is 9.78 Å². The van der Waals surface area contributed by atoms with Gasteiger partial charge in [-0.2, -0.15) is 5.10 Å². The van der Waals surface area contributed by atoms with Gasteiger partial charge in [-0.3, -0.25) is 4.68 Å². The lowest BCUT2D eigenvalue weighted by Crippen LogP contribution is -1.99. The average Bonchev–Trinajstić information content (AvgIpc) is 2.67. The number of hydrogen-bond donors (Lipinski definition) is 1. The van der Waals surface area contributed by atoms with Gasteiger partial charge in [-0.05, 0) is 11.6 Å². The second kappa shape index (κ2) is 4.76. The molecule has 0 aliphatic rings. The summed E-state index contributed by atoms with van der Waals surface area (Å²) in [5.41, 5.74) is 1.93. The molecule has 0 aliphatic carbocycles. The molecule has 1 aromatic heterocycles. The van der Waals surface area contributed by atoms with E-state index in [0.29, 0.717) is 16.6 Å². The van der Waals surface area contributed by atoms with Crippen molar-refractivity contribution in [1.82, 2.24) is 9.78 Å². The van der Waals surface area contributed by atoms with E-state index in [1.165, 1.54) is 0 Å². The summed E-state index contributed by atoms with van der Waals surface area (Å²) < 4.78 is 1.74. The van der Waals surface area contributed by atoms with Gasteiger partial charge in [0.1, 0.15) is 0 Å². The molecule has 0 spiro atoms. The Morgan fingerprint density at radius 3 is 2.88 bits per heavy atom. The monoisotopic (exact) mass is 255 g/mol. The Morgan fingerprint density at radius 2 is 2.19 bits per heavy atom. The zero-order valence-corrected chi connectivity index (χ0v) is 10.3. The highest BCUT2D eigenvalue weighted by atomic mass is 35.5. The predicted octanol–water partition coefficient (Wildman–Crippen LogP) is 3.34. The van der Waals surface area contributed by atoms with E-state index in [2.05, 4.69) is 10.4 Å². The molecule has 0 aliphatic heterocycles. The molecule has 5 heteroatoms. The smallest absolute Gasteiger partial charge is 0.0729 e. The van der Waals surface area contributed by atoms with E-state index >= 15 is 0 Å². The van der Waals surface area contributed by atoms with Crippen molar-refractivity contribution < 1.29 is 0 Å². The number of hydrogen-bond acceptors (Lipinski definition) is 2. The summed E-state index contributed by atoms with van der Waals surface area (Å²) in [4.78, 5) is 0. The Hall–Kier alpha value is -1.19. The van der Waals surface area contributed by atoms with Crippen molar-refractivity contribution in [1.29, 1.82) is 0 Å².